The van der Waals surface area contributed by atoms with Crippen molar-refractivity contribution in [2.45, 2.75) is 69.5 Å². The lowest BCUT2D eigenvalue weighted by atomic mass is 10.1. The summed E-state index contributed by atoms with van der Waals surface area (Å²) in [6.07, 6.45) is 4.14. The van der Waals surface area contributed by atoms with E-state index in [1.807, 2.05) is 13.8 Å². The first-order valence-electron chi connectivity index (χ1n) is 14.3. The highest BCUT2D eigenvalue weighted by molar-refractivity contribution is 7.92. The van der Waals surface area contributed by atoms with Crippen LogP contribution in [0.5, 0.6) is 5.75 Å². The SMILES string of the molecule is CCC(C(=O)NC1CCCC1)N(Cc1c(Cl)cccc1Cl)C(=O)CN(c1ccc(OC)cc1)S(=O)(=O)c1ccc(C)cc1. The van der Waals surface area contributed by atoms with Gasteiger partial charge in [-0.15, -0.1) is 0 Å². The van der Waals surface area contributed by atoms with Crippen LogP contribution in [-0.4, -0.2) is 50.9 Å². The average Bonchev–Trinajstić information content (AvgIpc) is 3.50. The van der Waals surface area contributed by atoms with Crippen molar-refractivity contribution < 1.29 is 22.7 Å². The minimum atomic E-state index is -4.19. The molecule has 0 radical (unpaired) electrons. The number of sulfonamides is 1. The van der Waals surface area contributed by atoms with Crippen molar-refractivity contribution in [3.63, 3.8) is 0 Å². The Morgan fingerprint density at radius 1 is 0.977 bits per heavy atom. The van der Waals surface area contributed by atoms with Gasteiger partial charge >= 0.3 is 0 Å². The van der Waals surface area contributed by atoms with E-state index in [2.05, 4.69) is 5.32 Å². The van der Waals surface area contributed by atoms with Crippen LogP contribution >= 0.6 is 23.2 Å². The van der Waals surface area contributed by atoms with Crippen molar-refractivity contribution in [3.05, 3.63) is 87.9 Å². The molecule has 0 spiro atoms. The van der Waals surface area contributed by atoms with Gasteiger partial charge in [0, 0.05) is 28.2 Å². The number of hydrogen-bond donors (Lipinski definition) is 1. The molecule has 0 aliphatic heterocycles. The van der Waals surface area contributed by atoms with Crippen molar-refractivity contribution in [2.75, 3.05) is 18.0 Å². The summed E-state index contributed by atoms with van der Waals surface area (Å²) < 4.78 is 34.4. The van der Waals surface area contributed by atoms with Gasteiger partial charge in [-0.1, -0.05) is 66.7 Å². The van der Waals surface area contributed by atoms with Crippen molar-refractivity contribution in [3.8, 4) is 5.75 Å². The quantitative estimate of drug-likeness (QED) is 0.247. The number of nitrogens with zero attached hydrogens (tertiary/aromatic N) is 2. The fraction of sp³-hybridized carbons (Fsp3) is 0.375. The van der Waals surface area contributed by atoms with Gasteiger partial charge in [-0.2, -0.15) is 0 Å². The highest BCUT2D eigenvalue weighted by atomic mass is 35.5. The highest BCUT2D eigenvalue weighted by Crippen LogP contribution is 2.30. The van der Waals surface area contributed by atoms with Crippen LogP contribution in [0.2, 0.25) is 10.0 Å². The van der Waals surface area contributed by atoms with Gasteiger partial charge in [0.05, 0.1) is 17.7 Å². The van der Waals surface area contributed by atoms with E-state index in [4.69, 9.17) is 27.9 Å². The zero-order chi connectivity index (χ0) is 31.1. The monoisotopic (exact) mass is 645 g/mol. The van der Waals surface area contributed by atoms with Gasteiger partial charge in [-0.05, 0) is 74.7 Å². The number of amides is 2. The first-order chi connectivity index (χ1) is 20.5. The maximum atomic E-state index is 14.3. The fourth-order valence-electron chi connectivity index (χ4n) is 5.26. The van der Waals surface area contributed by atoms with Crippen LogP contribution in [-0.2, 0) is 26.2 Å². The molecule has 1 saturated carbocycles. The first kappa shape index (κ1) is 32.6. The number of methoxy groups -OCH3 is 1. The Morgan fingerprint density at radius 3 is 2.14 bits per heavy atom. The number of carbonyl (C=O) groups excluding carboxylic acids is 2. The van der Waals surface area contributed by atoms with Gasteiger partial charge in [-0.3, -0.25) is 13.9 Å². The molecule has 1 aliphatic rings. The molecule has 4 rings (SSSR count). The van der Waals surface area contributed by atoms with Crippen LogP contribution < -0.4 is 14.4 Å². The van der Waals surface area contributed by atoms with Crippen LogP contribution in [0.3, 0.4) is 0 Å². The Balaban J connectivity index is 1.75. The molecule has 1 fully saturated rings. The molecule has 1 unspecified atom stereocenters. The van der Waals surface area contributed by atoms with Gasteiger partial charge in [0.2, 0.25) is 11.8 Å². The summed E-state index contributed by atoms with van der Waals surface area (Å²) in [7, 11) is -2.67. The second-order valence-corrected chi connectivity index (χ2v) is 13.3. The Bertz CT molecular complexity index is 1510. The number of aryl methyl sites for hydroxylation is 1. The topological polar surface area (TPSA) is 96.0 Å². The summed E-state index contributed by atoms with van der Waals surface area (Å²) in [4.78, 5) is 29.3. The lowest BCUT2D eigenvalue weighted by molar-refractivity contribution is -0.140. The second kappa shape index (κ2) is 14.5. The molecule has 8 nitrogen and oxygen atoms in total. The third-order valence-electron chi connectivity index (χ3n) is 7.73. The Morgan fingerprint density at radius 2 is 1.58 bits per heavy atom. The van der Waals surface area contributed by atoms with Crippen molar-refractivity contribution >= 4 is 50.7 Å². The number of benzene rings is 3. The van der Waals surface area contributed by atoms with Crippen LogP contribution in [0.4, 0.5) is 5.69 Å². The normalized spacial score (nSPS) is 14.3. The maximum absolute atomic E-state index is 14.3. The molecule has 2 amide bonds. The fourth-order valence-corrected chi connectivity index (χ4v) is 7.19. The van der Waals surface area contributed by atoms with Crippen molar-refractivity contribution in [2.24, 2.45) is 0 Å². The Labute approximate surface area is 264 Å². The lowest BCUT2D eigenvalue weighted by Gasteiger charge is -2.34. The van der Waals surface area contributed by atoms with E-state index >= 15 is 0 Å². The second-order valence-electron chi connectivity index (χ2n) is 10.7. The predicted molar refractivity (Wildman–Crippen MR) is 170 cm³/mol. The third-order valence-corrected chi connectivity index (χ3v) is 10.2. The number of carbonyl (C=O) groups is 2. The molecular formula is C32H37Cl2N3O5S. The lowest BCUT2D eigenvalue weighted by Crippen LogP contribution is -2.53. The third kappa shape index (κ3) is 7.82. The highest BCUT2D eigenvalue weighted by Gasteiger charge is 2.35. The van der Waals surface area contributed by atoms with Crippen LogP contribution in [0.1, 0.15) is 50.2 Å². The minimum Gasteiger partial charge on any atom is -0.497 e. The number of ether oxygens (including phenoxy) is 1. The van der Waals surface area contributed by atoms with Gasteiger partial charge in [0.15, 0.2) is 0 Å². The zero-order valence-corrected chi connectivity index (χ0v) is 26.9. The molecule has 43 heavy (non-hydrogen) atoms. The number of halogens is 2. The van der Waals surface area contributed by atoms with Crippen LogP contribution in [0, 0.1) is 6.92 Å². The number of anilines is 1. The standard InChI is InChI=1S/C32H37Cl2N3O5S/c1-4-30(32(39)35-23-8-5-6-9-23)36(20-27-28(33)10-7-11-29(27)34)31(38)21-37(24-14-16-25(42-3)17-15-24)43(40,41)26-18-12-22(2)13-19-26/h7,10-19,23,30H,4-6,8-9,20-21H2,1-3H3,(H,35,39). The van der Waals surface area contributed by atoms with Crippen molar-refractivity contribution in [1.82, 2.24) is 10.2 Å². The molecule has 0 bridgehead atoms. The average molecular weight is 647 g/mol. The van der Waals surface area contributed by atoms with Gasteiger partial charge < -0.3 is 15.0 Å². The van der Waals surface area contributed by atoms with E-state index < -0.39 is 28.5 Å². The Kier molecular flexibility index (Phi) is 11.0. The summed E-state index contributed by atoms with van der Waals surface area (Å²) in [6, 6.07) is 17.0. The summed E-state index contributed by atoms with van der Waals surface area (Å²) in [6.45, 7) is 3.05. The van der Waals surface area contributed by atoms with E-state index in [0.717, 1.165) is 35.6 Å². The summed E-state index contributed by atoms with van der Waals surface area (Å²) in [5.41, 5.74) is 1.64. The molecule has 1 aliphatic carbocycles. The largest absolute Gasteiger partial charge is 0.497 e. The molecule has 0 aromatic heterocycles. The molecule has 3 aromatic rings. The predicted octanol–water partition coefficient (Wildman–Crippen LogP) is 6.37. The maximum Gasteiger partial charge on any atom is 0.264 e. The number of nitrogens with one attached hydrogen (secondary N) is 1. The van der Waals surface area contributed by atoms with Gasteiger partial charge in [0.1, 0.15) is 18.3 Å². The van der Waals surface area contributed by atoms with Gasteiger partial charge in [-0.25, -0.2) is 8.42 Å². The molecule has 230 valence electrons. The van der Waals surface area contributed by atoms with E-state index in [1.54, 1.807) is 54.6 Å². The summed E-state index contributed by atoms with van der Waals surface area (Å²) in [5.74, 6) is -0.327. The summed E-state index contributed by atoms with van der Waals surface area (Å²) in [5, 5.41) is 3.78. The minimum absolute atomic E-state index is 0.0356. The van der Waals surface area contributed by atoms with E-state index in [0.29, 0.717) is 27.8 Å². The van der Waals surface area contributed by atoms with E-state index in [-0.39, 0.29) is 29.1 Å². The molecule has 1 N–H and O–H groups in total. The zero-order valence-electron chi connectivity index (χ0n) is 24.6. The van der Waals surface area contributed by atoms with E-state index in [9.17, 15) is 18.0 Å². The molecule has 0 saturated heterocycles. The Hall–Kier alpha value is -3.27. The molecule has 1 atom stereocenters. The first-order valence-corrected chi connectivity index (χ1v) is 16.5. The molecular weight excluding hydrogens is 609 g/mol. The van der Waals surface area contributed by atoms with Crippen LogP contribution in [0.25, 0.3) is 0 Å². The van der Waals surface area contributed by atoms with Crippen LogP contribution in [0.15, 0.2) is 71.6 Å². The number of rotatable bonds is 12. The molecule has 3 aromatic carbocycles. The van der Waals surface area contributed by atoms with Crippen molar-refractivity contribution in [1.29, 1.82) is 0 Å². The molecule has 0 heterocycles. The van der Waals surface area contributed by atoms with E-state index in [1.165, 1.54) is 24.1 Å². The van der Waals surface area contributed by atoms with Gasteiger partial charge in [0.25, 0.3) is 10.0 Å². The summed E-state index contributed by atoms with van der Waals surface area (Å²) >= 11 is 13.0. The molecule has 11 heteroatoms. The smallest absolute Gasteiger partial charge is 0.264 e. The number of hydrogen-bond acceptors (Lipinski definition) is 5.